The van der Waals surface area contributed by atoms with Crippen molar-refractivity contribution in [1.29, 1.82) is 0 Å². The van der Waals surface area contributed by atoms with Crippen LogP contribution in [0.4, 0.5) is 0 Å². The molecule has 0 bridgehead atoms. The monoisotopic (exact) mass is 389 g/mol. The summed E-state index contributed by atoms with van der Waals surface area (Å²) in [7, 11) is 0. The van der Waals surface area contributed by atoms with E-state index in [0.717, 1.165) is 9.13 Å². The molecule has 1 aliphatic heterocycles. The second-order valence-electron chi connectivity index (χ2n) is 4.81. The molecule has 5 nitrogen and oxygen atoms in total. The number of morpholine rings is 1. The van der Waals surface area contributed by atoms with Crippen LogP contribution in [-0.2, 0) is 9.53 Å². The number of aliphatic carboxylic acids is 1. The average molecular weight is 389 g/mol. The first-order valence-corrected chi connectivity index (χ1v) is 7.44. The highest BCUT2D eigenvalue weighted by atomic mass is 127. The van der Waals surface area contributed by atoms with Crippen molar-refractivity contribution in [3.05, 3.63) is 32.9 Å². The maximum Gasteiger partial charge on any atom is 0.306 e. The number of ether oxygens (including phenoxy) is 1. The third-order valence-electron chi connectivity index (χ3n) is 3.25. The Hall–Kier alpha value is -1.15. The van der Waals surface area contributed by atoms with E-state index in [-0.39, 0.29) is 12.3 Å². The van der Waals surface area contributed by atoms with Gasteiger partial charge in [-0.3, -0.25) is 9.59 Å². The van der Waals surface area contributed by atoms with Gasteiger partial charge < -0.3 is 14.7 Å². The van der Waals surface area contributed by atoms with Crippen LogP contribution in [0.15, 0.2) is 18.2 Å². The van der Waals surface area contributed by atoms with Crippen LogP contribution in [0.2, 0.25) is 0 Å². The van der Waals surface area contributed by atoms with Crippen LogP contribution in [0.1, 0.15) is 22.3 Å². The summed E-state index contributed by atoms with van der Waals surface area (Å²) in [5, 5.41) is 8.79. The second kappa shape index (κ2) is 6.53. The molecule has 1 fully saturated rings. The number of carboxylic acid groups (broad SMARTS) is 1. The Morgan fingerprint density at radius 3 is 2.90 bits per heavy atom. The summed E-state index contributed by atoms with van der Waals surface area (Å²) >= 11 is 2.20. The normalized spacial score (nSPS) is 18.9. The van der Waals surface area contributed by atoms with E-state index in [0.29, 0.717) is 25.3 Å². The quantitative estimate of drug-likeness (QED) is 0.803. The summed E-state index contributed by atoms with van der Waals surface area (Å²) in [5.41, 5.74) is 1.77. The van der Waals surface area contributed by atoms with Crippen LogP contribution >= 0.6 is 22.6 Å². The third-order valence-corrected chi connectivity index (χ3v) is 4.41. The zero-order chi connectivity index (χ0) is 14.7. The summed E-state index contributed by atoms with van der Waals surface area (Å²) < 4.78 is 6.42. The molecule has 108 valence electrons. The van der Waals surface area contributed by atoms with Crippen molar-refractivity contribution in [2.24, 2.45) is 0 Å². The smallest absolute Gasteiger partial charge is 0.306 e. The predicted molar refractivity (Wildman–Crippen MR) is 81.8 cm³/mol. The fourth-order valence-corrected chi connectivity index (χ4v) is 2.65. The van der Waals surface area contributed by atoms with Gasteiger partial charge in [0.1, 0.15) is 0 Å². The summed E-state index contributed by atoms with van der Waals surface area (Å²) in [4.78, 5) is 24.8. The number of rotatable bonds is 3. The molecule has 0 aromatic heterocycles. The molecule has 0 saturated carbocycles. The van der Waals surface area contributed by atoms with Gasteiger partial charge in [-0.2, -0.15) is 0 Å². The first kappa shape index (κ1) is 15.2. The predicted octanol–water partition coefficient (Wildman–Crippen LogP) is 1.92. The van der Waals surface area contributed by atoms with E-state index in [4.69, 9.17) is 9.84 Å². The molecule has 1 saturated heterocycles. The molecule has 0 spiro atoms. The molecule has 1 unspecified atom stereocenters. The molecule has 1 N–H and O–H groups in total. The van der Waals surface area contributed by atoms with Gasteiger partial charge in [-0.15, -0.1) is 0 Å². The minimum absolute atomic E-state index is 0.0680. The number of carboxylic acids is 1. The standard InChI is InChI=1S/C14H16INO4/c1-9-2-3-10(6-12(9)15)14(19)16-4-5-20-11(8-16)7-13(17)18/h2-3,6,11H,4-5,7-8H2,1H3,(H,17,18). The highest BCUT2D eigenvalue weighted by Crippen LogP contribution is 2.17. The summed E-state index contributed by atoms with van der Waals surface area (Å²) in [6, 6.07) is 5.59. The number of amides is 1. The van der Waals surface area contributed by atoms with E-state index in [1.54, 1.807) is 4.90 Å². The van der Waals surface area contributed by atoms with Crippen molar-refractivity contribution >= 4 is 34.5 Å². The van der Waals surface area contributed by atoms with Gasteiger partial charge in [0.15, 0.2) is 0 Å². The van der Waals surface area contributed by atoms with Crippen LogP contribution in [-0.4, -0.2) is 47.7 Å². The summed E-state index contributed by atoms with van der Waals surface area (Å²) in [5.74, 6) is -0.976. The van der Waals surface area contributed by atoms with E-state index in [2.05, 4.69) is 22.6 Å². The molecular weight excluding hydrogens is 373 g/mol. The van der Waals surface area contributed by atoms with Crippen LogP contribution < -0.4 is 0 Å². The number of nitrogens with zero attached hydrogens (tertiary/aromatic N) is 1. The molecule has 0 radical (unpaired) electrons. The van der Waals surface area contributed by atoms with Gasteiger partial charge >= 0.3 is 5.97 Å². The van der Waals surface area contributed by atoms with E-state index in [9.17, 15) is 9.59 Å². The lowest BCUT2D eigenvalue weighted by molar-refractivity contribution is -0.141. The Morgan fingerprint density at radius 2 is 2.25 bits per heavy atom. The fraction of sp³-hybridized carbons (Fsp3) is 0.429. The Morgan fingerprint density at radius 1 is 1.50 bits per heavy atom. The zero-order valence-corrected chi connectivity index (χ0v) is 13.3. The topological polar surface area (TPSA) is 66.8 Å². The lowest BCUT2D eigenvalue weighted by atomic mass is 10.1. The van der Waals surface area contributed by atoms with Crippen molar-refractivity contribution in [3.8, 4) is 0 Å². The summed E-state index contributed by atoms with van der Waals surface area (Å²) in [6.45, 7) is 3.20. The lowest BCUT2D eigenvalue weighted by Crippen LogP contribution is -2.46. The zero-order valence-electron chi connectivity index (χ0n) is 11.1. The minimum atomic E-state index is -0.908. The van der Waals surface area contributed by atoms with Gasteiger partial charge in [-0.25, -0.2) is 0 Å². The highest BCUT2D eigenvalue weighted by molar-refractivity contribution is 14.1. The van der Waals surface area contributed by atoms with E-state index < -0.39 is 12.1 Å². The fourth-order valence-electron chi connectivity index (χ4n) is 2.13. The van der Waals surface area contributed by atoms with E-state index in [1.165, 1.54) is 0 Å². The highest BCUT2D eigenvalue weighted by Gasteiger charge is 2.26. The molecule has 1 heterocycles. The van der Waals surface area contributed by atoms with Crippen molar-refractivity contribution in [2.75, 3.05) is 19.7 Å². The number of carbonyl (C=O) groups is 2. The van der Waals surface area contributed by atoms with Crippen LogP contribution in [0.25, 0.3) is 0 Å². The third kappa shape index (κ3) is 3.69. The van der Waals surface area contributed by atoms with Gasteiger partial charge in [0.05, 0.1) is 19.1 Å². The Labute approximate surface area is 131 Å². The number of hydrogen-bond donors (Lipinski definition) is 1. The number of carbonyl (C=O) groups excluding carboxylic acids is 1. The van der Waals surface area contributed by atoms with Crippen molar-refractivity contribution in [2.45, 2.75) is 19.4 Å². The first-order valence-electron chi connectivity index (χ1n) is 6.36. The SMILES string of the molecule is Cc1ccc(C(=O)N2CCOC(CC(=O)O)C2)cc1I. The molecule has 1 amide bonds. The lowest BCUT2D eigenvalue weighted by Gasteiger charge is -2.32. The number of halogens is 1. The van der Waals surface area contributed by atoms with E-state index in [1.807, 2.05) is 25.1 Å². The van der Waals surface area contributed by atoms with Gasteiger partial charge in [-0.05, 0) is 47.2 Å². The van der Waals surface area contributed by atoms with Crippen molar-refractivity contribution in [1.82, 2.24) is 4.90 Å². The largest absolute Gasteiger partial charge is 0.481 e. The number of aryl methyl sites for hydroxylation is 1. The molecule has 2 rings (SSSR count). The Bertz CT molecular complexity index is 532. The molecule has 0 aliphatic carbocycles. The van der Waals surface area contributed by atoms with Gasteiger partial charge in [0.25, 0.3) is 5.91 Å². The molecule has 1 aromatic carbocycles. The Kier molecular flexibility index (Phi) is 4.98. The van der Waals surface area contributed by atoms with Gasteiger partial charge in [-0.1, -0.05) is 6.07 Å². The second-order valence-corrected chi connectivity index (χ2v) is 5.97. The summed E-state index contributed by atoms with van der Waals surface area (Å²) in [6.07, 6.45) is -0.496. The van der Waals surface area contributed by atoms with E-state index >= 15 is 0 Å². The molecule has 1 atom stereocenters. The molecule has 1 aromatic rings. The van der Waals surface area contributed by atoms with Crippen molar-refractivity contribution < 1.29 is 19.4 Å². The molecular formula is C14H16INO4. The maximum absolute atomic E-state index is 12.4. The molecule has 6 heteroatoms. The molecule has 1 aliphatic rings. The number of hydrogen-bond acceptors (Lipinski definition) is 3. The van der Waals surface area contributed by atoms with Crippen molar-refractivity contribution in [3.63, 3.8) is 0 Å². The number of benzene rings is 1. The van der Waals surface area contributed by atoms with Crippen LogP contribution in [0, 0.1) is 10.5 Å². The van der Waals surface area contributed by atoms with Crippen LogP contribution in [0.5, 0.6) is 0 Å². The van der Waals surface area contributed by atoms with Crippen LogP contribution in [0.3, 0.4) is 0 Å². The van der Waals surface area contributed by atoms with Gasteiger partial charge in [0, 0.05) is 22.2 Å². The molecule has 20 heavy (non-hydrogen) atoms. The first-order chi connectivity index (χ1) is 9.47. The average Bonchev–Trinajstić information content (AvgIpc) is 2.40. The minimum Gasteiger partial charge on any atom is -0.481 e. The maximum atomic E-state index is 12.4. The Balaban J connectivity index is 2.08. The van der Waals surface area contributed by atoms with Gasteiger partial charge in [0.2, 0.25) is 0 Å².